The van der Waals surface area contributed by atoms with Crippen molar-refractivity contribution in [2.45, 2.75) is 129 Å². The van der Waals surface area contributed by atoms with Crippen LogP contribution in [0, 0.1) is 26.8 Å². The summed E-state index contributed by atoms with van der Waals surface area (Å²) in [5, 5.41) is 17.0. The van der Waals surface area contributed by atoms with E-state index in [2.05, 4.69) is 52.3 Å². The number of hydrogen-bond donors (Lipinski definition) is 2. The van der Waals surface area contributed by atoms with Crippen LogP contribution in [0.1, 0.15) is 105 Å². The van der Waals surface area contributed by atoms with Gasteiger partial charge in [0.05, 0.1) is 43.1 Å². The molecule has 0 radical (unpaired) electrons. The number of fused-ring (bicyclic) bond motifs is 2. The predicted octanol–water partition coefficient (Wildman–Crippen LogP) is 10.1. The first-order valence-corrected chi connectivity index (χ1v) is 35.3. The Bertz CT molecular complexity index is 4210. The van der Waals surface area contributed by atoms with Gasteiger partial charge in [-0.1, -0.05) is 26.0 Å². The molecular weight excluding hydrogens is 1370 g/mol. The number of aromatic nitrogens is 8. The van der Waals surface area contributed by atoms with Crippen molar-refractivity contribution < 1.29 is 63.5 Å². The lowest BCUT2D eigenvalue weighted by atomic mass is 9.83. The van der Waals surface area contributed by atoms with Gasteiger partial charge in [-0.25, -0.2) is 73.9 Å². The molecule has 2 aromatic carbocycles. The number of hydrogen-bond acceptors (Lipinski definition) is 18. The van der Waals surface area contributed by atoms with Crippen LogP contribution in [0.25, 0.3) is 44.6 Å². The molecule has 94 heavy (non-hydrogen) atoms. The van der Waals surface area contributed by atoms with Crippen molar-refractivity contribution in [1.82, 2.24) is 48.8 Å². The van der Waals surface area contributed by atoms with Gasteiger partial charge < -0.3 is 48.3 Å². The minimum Gasteiger partial charge on any atom is -0.444 e. The fourth-order valence-electron chi connectivity index (χ4n) is 11.0. The Kier molecular flexibility index (Phi) is 23.4. The third kappa shape index (κ3) is 18.1. The zero-order chi connectivity index (χ0) is 68.6. The van der Waals surface area contributed by atoms with Crippen molar-refractivity contribution in [2.75, 3.05) is 61.6 Å². The van der Waals surface area contributed by atoms with E-state index in [1.54, 1.807) is 72.7 Å². The molecule has 0 bridgehead atoms. The molecule has 2 N–H and O–H groups in total. The molecule has 2 saturated heterocycles. The number of nitrogens with zero attached hydrogens (tertiary/aromatic N) is 12. The van der Waals surface area contributed by atoms with Gasteiger partial charge in [-0.3, -0.25) is 0 Å². The molecule has 504 valence electrons. The lowest BCUT2D eigenvalue weighted by Crippen LogP contribution is -2.47. The molecule has 8 aromatic rings. The van der Waals surface area contributed by atoms with Gasteiger partial charge in [0.25, 0.3) is 0 Å². The molecule has 10 rings (SSSR count). The van der Waals surface area contributed by atoms with Crippen LogP contribution in [-0.2, 0) is 40.7 Å². The maximum Gasteiger partial charge on any atom is 0.491 e. The first kappa shape index (κ1) is 72.3. The summed E-state index contributed by atoms with van der Waals surface area (Å²) in [5.74, 6) is -3.29. The third-order valence-electron chi connectivity index (χ3n) is 15.6. The van der Waals surface area contributed by atoms with Crippen molar-refractivity contribution in [3.63, 3.8) is 0 Å². The summed E-state index contributed by atoms with van der Waals surface area (Å²) in [6.07, 6.45) is 14.9. The normalized spacial score (nSPS) is 14.3. The quantitative estimate of drug-likeness (QED) is 0.0517. The number of ether oxygens (including phenoxy) is 2. The molecule has 2 aliphatic heterocycles. The molecule has 0 aliphatic carbocycles. The van der Waals surface area contributed by atoms with Crippen molar-refractivity contribution in [1.29, 1.82) is 0 Å². The number of carbonyl (C=O) groups is 2. The molecule has 2 fully saturated rings. The van der Waals surface area contributed by atoms with Crippen LogP contribution in [-0.4, -0.2) is 170 Å². The van der Waals surface area contributed by atoms with Gasteiger partial charge in [0, 0.05) is 117 Å². The number of sulfone groups is 2. The lowest BCUT2D eigenvalue weighted by Gasteiger charge is -2.37. The largest absolute Gasteiger partial charge is 0.491 e. The van der Waals surface area contributed by atoms with E-state index in [0.717, 1.165) is 25.0 Å². The summed E-state index contributed by atoms with van der Waals surface area (Å²) >= 11 is 2.09. The highest BCUT2D eigenvalue weighted by Gasteiger charge is 2.33. The van der Waals surface area contributed by atoms with E-state index in [0.29, 0.717) is 106 Å². The Hall–Kier alpha value is -7.55. The molecule has 0 spiro atoms. The highest BCUT2D eigenvalue weighted by atomic mass is 127. The van der Waals surface area contributed by atoms with Crippen LogP contribution < -0.4 is 15.3 Å². The van der Waals surface area contributed by atoms with Gasteiger partial charge in [0.2, 0.25) is 0 Å². The summed E-state index contributed by atoms with van der Waals surface area (Å²) in [6, 6.07) is 11.9. The lowest BCUT2D eigenvalue weighted by molar-refractivity contribution is 0.0195. The number of carbonyl (C=O) groups excluding carboxylic acids is 2. The van der Waals surface area contributed by atoms with E-state index in [1.165, 1.54) is 46.3 Å². The molecule has 22 nitrogen and oxygen atoms in total. The SMILES string of the molecule is CCCS(=O)(=O)Cc1ccc(F)c(-n2cc(-c3cncnc3)c3nc(N(C)C4CCN(C(=O)OC(C)(C)C)CC4)ccc32)c1F.CCCS(=O)(=O)Cc1ccc(F)c(-n2cc(I)c3nc(N(C)C4CCN(C(=O)OC(C)(C)C)CC4)ccc32)c1F.OB(O)c1cncnc1. The fourth-order valence-corrected chi connectivity index (χ4v) is 14.6. The first-order chi connectivity index (χ1) is 44.3. The first-order valence-electron chi connectivity index (χ1n) is 30.6. The average molecular weight is 1450 g/mol. The second-order valence-electron chi connectivity index (χ2n) is 25.0. The molecular formula is C64H78BF4IN12O10S2. The second-order valence-corrected chi connectivity index (χ2v) is 30.6. The highest BCUT2D eigenvalue weighted by Crippen LogP contribution is 2.37. The number of halogens is 5. The number of rotatable bonds is 16. The van der Waals surface area contributed by atoms with Gasteiger partial charge in [-0.05, 0) is 139 Å². The molecule has 0 atom stereocenters. The van der Waals surface area contributed by atoms with Gasteiger partial charge in [0.15, 0.2) is 31.3 Å². The van der Waals surface area contributed by atoms with Crippen molar-refractivity contribution in [2.24, 2.45) is 0 Å². The zero-order valence-corrected chi connectivity index (χ0v) is 57.9. The predicted molar refractivity (Wildman–Crippen MR) is 362 cm³/mol. The molecule has 0 saturated carbocycles. The molecule has 2 aliphatic rings. The number of benzene rings is 2. The Morgan fingerprint density at radius 1 is 0.606 bits per heavy atom. The van der Waals surface area contributed by atoms with E-state index in [1.807, 2.05) is 55.6 Å². The molecule has 6 aromatic heterocycles. The van der Waals surface area contributed by atoms with Crippen molar-refractivity contribution >= 4 is 101 Å². The maximum absolute atomic E-state index is 15.9. The molecule has 30 heteroatoms. The maximum atomic E-state index is 15.9. The van der Waals surface area contributed by atoms with E-state index >= 15 is 13.2 Å². The fraction of sp³-hybridized carbons (Fsp3) is 0.438. The van der Waals surface area contributed by atoms with E-state index in [9.17, 15) is 30.8 Å². The third-order valence-corrected chi connectivity index (χ3v) is 19.9. The smallest absolute Gasteiger partial charge is 0.444 e. The number of piperidine rings is 2. The molecule has 0 unspecified atom stereocenters. The van der Waals surface area contributed by atoms with Crippen molar-refractivity contribution in [3.8, 4) is 22.5 Å². The average Bonchev–Trinajstić information content (AvgIpc) is 1.58. The minimum absolute atomic E-state index is 0.0657. The highest BCUT2D eigenvalue weighted by molar-refractivity contribution is 14.1. The van der Waals surface area contributed by atoms with Crippen LogP contribution in [0.2, 0.25) is 0 Å². The van der Waals surface area contributed by atoms with Crippen LogP contribution in [0.5, 0.6) is 0 Å². The molecule has 2 amide bonds. The number of pyridine rings is 2. The molecule has 8 heterocycles. The van der Waals surface area contributed by atoms with Crippen LogP contribution in [0.3, 0.4) is 0 Å². The van der Waals surface area contributed by atoms with Gasteiger partial charge >= 0.3 is 19.3 Å². The number of amides is 2. The van der Waals surface area contributed by atoms with Crippen LogP contribution >= 0.6 is 22.6 Å². The number of likely N-dealkylation sites (tertiary alicyclic amines) is 2. The monoisotopic (exact) mass is 1450 g/mol. The summed E-state index contributed by atoms with van der Waals surface area (Å²) in [5.41, 5.74) is 1.46. The Morgan fingerprint density at radius 2 is 1.00 bits per heavy atom. The Labute approximate surface area is 558 Å². The van der Waals surface area contributed by atoms with Gasteiger partial charge in [-0.2, -0.15) is 0 Å². The van der Waals surface area contributed by atoms with Crippen LogP contribution in [0.15, 0.2) is 98.4 Å². The Morgan fingerprint density at radius 3 is 1.39 bits per heavy atom. The topological polar surface area (TPSA) is 262 Å². The standard InChI is InChI=1S/C32H38F2N6O4S.C28H35F2IN4O4S.C4H5BN2O2/c1-6-15-45(42,43)19-21-7-8-25(33)30(28(21)34)40-18-24(22-16-35-20-36-17-22)29-26(40)9-10-27(37-29)38(5)23-11-13-39(14-12-23)31(41)44-32(2,3)4;1-6-15-40(37,38)17-18-7-8-20(29)26(24(18)30)35-16-21(31)25-22(35)9-10-23(32-25)33(5)19-11-13-34(14-12-19)27(36)39-28(2,3)4;8-5(9)4-1-6-3-7-2-4/h7-10,16-18,20,23H,6,11-15,19H2,1-5H3;7-10,16,19H,6,11-15,17H2,1-5H3;1-3,8-9H. The van der Waals surface area contributed by atoms with Crippen LogP contribution in [0.4, 0.5) is 38.8 Å². The summed E-state index contributed by atoms with van der Waals surface area (Å²) in [7, 11) is -4.68. The van der Waals surface area contributed by atoms with Crippen molar-refractivity contribution in [3.05, 3.63) is 136 Å². The number of anilines is 2. The summed E-state index contributed by atoms with van der Waals surface area (Å²) in [6.45, 7) is 16.8. The minimum atomic E-state index is -3.58. The van der Waals surface area contributed by atoms with Gasteiger partial charge in [-0.15, -0.1) is 0 Å². The Balaban J connectivity index is 0.000000213. The van der Waals surface area contributed by atoms with E-state index in [4.69, 9.17) is 29.5 Å². The summed E-state index contributed by atoms with van der Waals surface area (Å²) in [4.78, 5) is 57.7. The second kappa shape index (κ2) is 30.5. The zero-order valence-electron chi connectivity index (χ0n) is 54.1. The van der Waals surface area contributed by atoms with E-state index in [-0.39, 0.29) is 58.3 Å². The summed E-state index contributed by atoms with van der Waals surface area (Å²) < 4.78 is 126. The van der Waals surface area contributed by atoms with Gasteiger partial charge in [0.1, 0.15) is 64.0 Å². The van der Waals surface area contributed by atoms with E-state index < -0.39 is 72.8 Å².